The largest absolute Gasteiger partial charge is 0.465 e. The van der Waals surface area contributed by atoms with Gasteiger partial charge >= 0.3 is 6.09 Å². The second kappa shape index (κ2) is 5.17. The molecule has 2 aromatic heterocycles. The van der Waals surface area contributed by atoms with E-state index in [-0.39, 0.29) is 11.6 Å². The topological polar surface area (TPSA) is 86.3 Å². The van der Waals surface area contributed by atoms with Crippen molar-refractivity contribution in [3.8, 4) is 0 Å². The molecule has 8 heteroatoms. The minimum atomic E-state index is -0.969. The van der Waals surface area contributed by atoms with Gasteiger partial charge in [-0.05, 0) is 41.3 Å². The average molecular weight is 358 g/mol. The highest BCUT2D eigenvalue weighted by Gasteiger charge is 2.29. The molecule has 0 aliphatic carbocycles. The van der Waals surface area contributed by atoms with Crippen molar-refractivity contribution >= 4 is 43.6 Å². The van der Waals surface area contributed by atoms with Crippen LogP contribution < -0.4 is 5.56 Å². The quantitative estimate of drug-likeness (QED) is 0.821. The van der Waals surface area contributed by atoms with Crippen molar-refractivity contribution in [1.29, 1.82) is 0 Å². The molecular formula is C12H12BrN3O3S. The minimum absolute atomic E-state index is 0.211. The summed E-state index contributed by atoms with van der Waals surface area (Å²) in [7, 11) is 0. The van der Waals surface area contributed by atoms with Gasteiger partial charge < -0.3 is 10.1 Å². The van der Waals surface area contributed by atoms with Crippen LogP contribution in [0.5, 0.6) is 0 Å². The Hall–Kier alpha value is -1.41. The highest BCUT2D eigenvalue weighted by molar-refractivity contribution is 9.11. The first-order valence-corrected chi connectivity index (χ1v) is 7.86. The number of fused-ring (bicyclic) bond motifs is 1. The fourth-order valence-electron chi connectivity index (χ4n) is 2.53. The molecule has 1 atom stereocenters. The molecule has 0 unspecified atom stereocenters. The van der Waals surface area contributed by atoms with Crippen molar-refractivity contribution in [2.45, 2.75) is 25.3 Å². The predicted molar refractivity (Wildman–Crippen MR) is 79.3 cm³/mol. The highest BCUT2D eigenvalue weighted by Crippen LogP contribution is 2.31. The fraction of sp³-hybridized carbons (Fsp3) is 0.417. The molecule has 0 saturated carbocycles. The van der Waals surface area contributed by atoms with Crippen LogP contribution in [0.3, 0.4) is 0 Å². The van der Waals surface area contributed by atoms with Crippen LogP contribution in [0.15, 0.2) is 14.6 Å². The highest BCUT2D eigenvalue weighted by atomic mass is 79.9. The number of aromatic nitrogens is 2. The lowest BCUT2D eigenvalue weighted by Gasteiger charge is -2.32. The number of piperidine rings is 1. The summed E-state index contributed by atoms with van der Waals surface area (Å²) in [5, 5.41) is 9.26. The Labute approximate surface area is 126 Å². The molecule has 1 fully saturated rings. The van der Waals surface area contributed by atoms with Crippen molar-refractivity contribution in [3.63, 3.8) is 0 Å². The third-order valence-electron chi connectivity index (χ3n) is 3.44. The Bertz CT molecular complexity index is 726. The van der Waals surface area contributed by atoms with Gasteiger partial charge in [0.25, 0.3) is 5.56 Å². The zero-order valence-electron chi connectivity index (χ0n) is 10.4. The van der Waals surface area contributed by atoms with Gasteiger partial charge in [-0.3, -0.25) is 9.69 Å². The van der Waals surface area contributed by atoms with Crippen molar-refractivity contribution in [3.05, 3.63) is 26.0 Å². The van der Waals surface area contributed by atoms with Crippen LogP contribution in [-0.4, -0.2) is 32.6 Å². The summed E-state index contributed by atoms with van der Waals surface area (Å²) in [6, 6.07) is 1.42. The van der Waals surface area contributed by atoms with Gasteiger partial charge in [0.05, 0.1) is 15.3 Å². The summed E-state index contributed by atoms with van der Waals surface area (Å²) in [6.07, 6.45) is 1.50. The summed E-state index contributed by atoms with van der Waals surface area (Å²) >= 11 is 4.66. The number of H-pyrrole nitrogens is 1. The Kier molecular flexibility index (Phi) is 3.51. The number of halogens is 1. The van der Waals surface area contributed by atoms with E-state index in [0.29, 0.717) is 29.0 Å². The van der Waals surface area contributed by atoms with Gasteiger partial charge in [0.15, 0.2) is 0 Å². The van der Waals surface area contributed by atoms with E-state index in [0.717, 1.165) is 16.6 Å². The molecule has 0 aromatic carbocycles. The predicted octanol–water partition coefficient (Wildman–Crippen LogP) is 2.95. The Morgan fingerprint density at radius 2 is 2.35 bits per heavy atom. The van der Waals surface area contributed by atoms with Crippen LogP contribution in [0.2, 0.25) is 0 Å². The molecule has 0 bridgehead atoms. The summed E-state index contributed by atoms with van der Waals surface area (Å²) in [6.45, 7) is 0.481. The van der Waals surface area contributed by atoms with E-state index in [2.05, 4.69) is 25.9 Å². The van der Waals surface area contributed by atoms with E-state index in [9.17, 15) is 14.7 Å². The van der Waals surface area contributed by atoms with Crippen LogP contribution in [-0.2, 0) is 0 Å². The van der Waals surface area contributed by atoms with Gasteiger partial charge in [0.2, 0.25) is 0 Å². The van der Waals surface area contributed by atoms with Crippen molar-refractivity contribution in [2.75, 3.05) is 6.54 Å². The summed E-state index contributed by atoms with van der Waals surface area (Å²) in [4.78, 5) is 31.9. The fourth-order valence-corrected chi connectivity index (χ4v) is 3.95. The van der Waals surface area contributed by atoms with Gasteiger partial charge in [-0.25, -0.2) is 9.78 Å². The number of hydrogen-bond acceptors (Lipinski definition) is 4. The monoisotopic (exact) mass is 357 g/mol. The summed E-state index contributed by atoms with van der Waals surface area (Å²) < 4.78 is 1.39. The number of carbonyl (C=O) groups is 1. The molecule has 1 aliphatic heterocycles. The van der Waals surface area contributed by atoms with Crippen LogP contribution in [0.1, 0.15) is 31.1 Å². The average Bonchev–Trinajstić information content (AvgIpc) is 2.79. The van der Waals surface area contributed by atoms with E-state index < -0.39 is 6.09 Å². The molecule has 0 radical (unpaired) electrons. The van der Waals surface area contributed by atoms with Gasteiger partial charge in [0.1, 0.15) is 10.5 Å². The van der Waals surface area contributed by atoms with Gasteiger partial charge in [-0.2, -0.15) is 0 Å². The lowest BCUT2D eigenvalue weighted by atomic mass is 10.0. The number of carboxylic acid groups (broad SMARTS) is 1. The first kappa shape index (κ1) is 13.6. The molecule has 2 aromatic rings. The molecular weight excluding hydrogens is 346 g/mol. The van der Waals surface area contributed by atoms with Crippen molar-refractivity contribution in [2.24, 2.45) is 0 Å². The lowest BCUT2D eigenvalue weighted by molar-refractivity contribution is 0.104. The molecule has 1 amide bonds. The van der Waals surface area contributed by atoms with Crippen LogP contribution >= 0.6 is 27.3 Å². The molecule has 3 heterocycles. The number of nitrogens with one attached hydrogen (secondary N) is 1. The summed E-state index contributed by atoms with van der Waals surface area (Å²) in [5.74, 6) is 0.440. The summed E-state index contributed by atoms with van der Waals surface area (Å²) in [5.41, 5.74) is 0.396. The molecule has 106 valence electrons. The van der Waals surface area contributed by atoms with Crippen LogP contribution in [0.4, 0.5) is 4.79 Å². The smallest absolute Gasteiger partial charge is 0.407 e. The Balaban J connectivity index is 2.08. The van der Waals surface area contributed by atoms with E-state index in [1.165, 1.54) is 16.2 Å². The standard InChI is InChI=1S/C12H12BrN3O3S/c13-8-5-6-9(20-8)11(17)15-10(14-6)7-3-1-2-4-16(7)12(18)19/h5,7H,1-4H2,(H,18,19)(H,14,15,17)/t7-/m0/s1. The zero-order valence-corrected chi connectivity index (χ0v) is 12.8. The molecule has 0 spiro atoms. The number of nitrogens with zero attached hydrogens (tertiary/aromatic N) is 2. The van der Waals surface area contributed by atoms with Crippen molar-refractivity contribution < 1.29 is 9.90 Å². The second-order valence-corrected chi connectivity index (χ2v) is 7.14. The van der Waals surface area contributed by atoms with Crippen LogP contribution in [0.25, 0.3) is 10.2 Å². The zero-order chi connectivity index (χ0) is 14.3. The first-order chi connectivity index (χ1) is 9.56. The molecule has 3 rings (SSSR count). The third kappa shape index (κ3) is 2.33. The van der Waals surface area contributed by atoms with Gasteiger partial charge in [-0.1, -0.05) is 0 Å². The second-order valence-electron chi connectivity index (χ2n) is 4.70. The maximum absolute atomic E-state index is 12.1. The lowest BCUT2D eigenvalue weighted by Crippen LogP contribution is -2.38. The van der Waals surface area contributed by atoms with E-state index in [1.807, 2.05) is 0 Å². The molecule has 20 heavy (non-hydrogen) atoms. The Morgan fingerprint density at radius 1 is 1.55 bits per heavy atom. The number of likely N-dealkylation sites (tertiary alicyclic amines) is 1. The van der Waals surface area contributed by atoms with Gasteiger partial charge in [0, 0.05) is 6.54 Å². The number of rotatable bonds is 1. The SMILES string of the molecule is O=C(O)N1CCCC[C@H]1c1nc2cc(Br)sc2c(=O)[nH]1. The molecule has 6 nitrogen and oxygen atoms in total. The maximum atomic E-state index is 12.1. The van der Waals surface area contributed by atoms with Crippen molar-refractivity contribution in [1.82, 2.24) is 14.9 Å². The molecule has 1 saturated heterocycles. The minimum Gasteiger partial charge on any atom is -0.465 e. The van der Waals surface area contributed by atoms with Gasteiger partial charge in [-0.15, -0.1) is 11.3 Å². The van der Waals surface area contributed by atoms with Crippen LogP contribution in [0, 0.1) is 0 Å². The van der Waals surface area contributed by atoms with E-state index in [1.54, 1.807) is 6.07 Å². The maximum Gasteiger partial charge on any atom is 0.407 e. The molecule has 1 aliphatic rings. The number of thiophene rings is 1. The number of amides is 1. The number of aromatic amines is 1. The first-order valence-electron chi connectivity index (χ1n) is 6.25. The van der Waals surface area contributed by atoms with E-state index >= 15 is 0 Å². The third-order valence-corrected chi connectivity index (χ3v) is 5.06. The Morgan fingerprint density at radius 3 is 3.10 bits per heavy atom. The molecule has 2 N–H and O–H groups in total. The van der Waals surface area contributed by atoms with E-state index in [4.69, 9.17) is 0 Å². The normalized spacial score (nSPS) is 19.4. The number of hydrogen-bond donors (Lipinski definition) is 2.